The van der Waals surface area contributed by atoms with Crippen molar-refractivity contribution in [3.8, 4) is 6.07 Å². The largest absolute Gasteiger partial charge is 0.506 e. The van der Waals surface area contributed by atoms with Gasteiger partial charge in [-0.05, 0) is 35.9 Å². The van der Waals surface area contributed by atoms with Crippen LogP contribution in [-0.2, 0) is 7.05 Å². The van der Waals surface area contributed by atoms with E-state index >= 15 is 0 Å². The molecule has 0 radical (unpaired) electrons. The molecule has 26 heavy (non-hydrogen) atoms. The molecule has 7 nitrogen and oxygen atoms in total. The second-order valence-corrected chi connectivity index (χ2v) is 5.54. The van der Waals surface area contributed by atoms with Crippen molar-refractivity contribution in [1.82, 2.24) is 9.55 Å². The quantitative estimate of drug-likeness (QED) is 0.253. The number of allylic oxidation sites excluding steroid dienone is 2. The van der Waals surface area contributed by atoms with Crippen LogP contribution in [0.1, 0.15) is 11.4 Å². The zero-order valence-corrected chi connectivity index (χ0v) is 13.8. The third-order valence-corrected chi connectivity index (χ3v) is 3.92. The Morgan fingerprint density at radius 1 is 1.27 bits per heavy atom. The highest BCUT2D eigenvalue weighted by Gasteiger charge is 2.15. The van der Waals surface area contributed by atoms with E-state index in [-0.39, 0.29) is 17.0 Å². The van der Waals surface area contributed by atoms with Crippen LogP contribution in [0.5, 0.6) is 0 Å². The van der Waals surface area contributed by atoms with Crippen molar-refractivity contribution in [1.29, 1.82) is 5.26 Å². The van der Waals surface area contributed by atoms with Crippen LogP contribution >= 0.6 is 0 Å². The molecule has 0 aliphatic heterocycles. The maximum Gasteiger partial charge on any atom is 0.269 e. The molecule has 0 unspecified atom stereocenters. The lowest BCUT2D eigenvalue weighted by Gasteiger charge is -2.02. The van der Waals surface area contributed by atoms with E-state index in [9.17, 15) is 20.5 Å². The van der Waals surface area contributed by atoms with Gasteiger partial charge in [0.05, 0.1) is 16.0 Å². The number of aryl methyl sites for hydroxylation is 1. The van der Waals surface area contributed by atoms with Gasteiger partial charge in [-0.1, -0.05) is 18.2 Å². The van der Waals surface area contributed by atoms with E-state index < -0.39 is 4.92 Å². The van der Waals surface area contributed by atoms with Crippen molar-refractivity contribution < 1.29 is 10.0 Å². The fourth-order valence-corrected chi connectivity index (χ4v) is 2.56. The lowest BCUT2D eigenvalue weighted by atomic mass is 10.1. The predicted octanol–water partition coefficient (Wildman–Crippen LogP) is 3.99. The summed E-state index contributed by atoms with van der Waals surface area (Å²) in [5.74, 6) is 0.129. The summed E-state index contributed by atoms with van der Waals surface area (Å²) in [4.78, 5) is 14.6. The molecule has 0 aliphatic carbocycles. The van der Waals surface area contributed by atoms with Crippen LogP contribution in [0.2, 0.25) is 0 Å². The van der Waals surface area contributed by atoms with Gasteiger partial charge in [-0.2, -0.15) is 5.26 Å². The monoisotopic (exact) mass is 346 g/mol. The third kappa shape index (κ3) is 3.16. The standard InChI is InChI=1S/C19H14N4O3/c1-22-17-5-3-2-4-16(17)21-19(22)15(12-20)18(24)11-8-13-6-9-14(10-7-13)23(25)26/h2-11,24H,1H3/b11-8+,18-15-. The summed E-state index contributed by atoms with van der Waals surface area (Å²) in [6, 6.07) is 15.3. The van der Waals surface area contributed by atoms with Gasteiger partial charge in [-0.15, -0.1) is 0 Å². The Morgan fingerprint density at radius 2 is 1.96 bits per heavy atom. The maximum atomic E-state index is 10.7. The Morgan fingerprint density at radius 3 is 2.58 bits per heavy atom. The average Bonchev–Trinajstić information content (AvgIpc) is 2.98. The number of hydrogen-bond acceptors (Lipinski definition) is 5. The summed E-state index contributed by atoms with van der Waals surface area (Å²) in [5, 5.41) is 30.5. The number of fused-ring (bicyclic) bond motifs is 1. The summed E-state index contributed by atoms with van der Waals surface area (Å²) < 4.78 is 1.74. The number of benzene rings is 2. The minimum atomic E-state index is -0.482. The molecule has 0 fully saturated rings. The second-order valence-electron chi connectivity index (χ2n) is 5.54. The number of aliphatic hydroxyl groups is 1. The van der Waals surface area contributed by atoms with Crippen LogP contribution in [0.15, 0.2) is 60.4 Å². The van der Waals surface area contributed by atoms with Crippen LogP contribution in [0.3, 0.4) is 0 Å². The number of para-hydroxylation sites is 2. The van der Waals surface area contributed by atoms with Crippen molar-refractivity contribution in [2.45, 2.75) is 0 Å². The molecule has 0 spiro atoms. The molecular weight excluding hydrogens is 332 g/mol. The molecule has 1 heterocycles. The fraction of sp³-hybridized carbons (Fsp3) is 0.0526. The summed E-state index contributed by atoms with van der Waals surface area (Å²) in [7, 11) is 1.77. The molecule has 128 valence electrons. The Labute approximate surface area is 148 Å². The molecule has 0 atom stereocenters. The Bertz CT molecular complexity index is 1090. The van der Waals surface area contributed by atoms with Crippen LogP contribution in [0.25, 0.3) is 22.7 Å². The molecule has 0 amide bonds. The summed E-state index contributed by atoms with van der Waals surface area (Å²) in [6.45, 7) is 0. The van der Waals surface area contributed by atoms with Gasteiger partial charge >= 0.3 is 0 Å². The van der Waals surface area contributed by atoms with Gasteiger partial charge in [0, 0.05) is 19.2 Å². The first kappa shape index (κ1) is 16.9. The maximum absolute atomic E-state index is 10.7. The Hall–Kier alpha value is -3.92. The van der Waals surface area contributed by atoms with Gasteiger partial charge in [0.25, 0.3) is 5.69 Å². The van der Waals surface area contributed by atoms with Crippen LogP contribution in [-0.4, -0.2) is 19.6 Å². The van der Waals surface area contributed by atoms with Crippen LogP contribution in [0, 0.1) is 21.4 Å². The van der Waals surface area contributed by atoms with Gasteiger partial charge < -0.3 is 9.67 Å². The Balaban J connectivity index is 1.96. The van der Waals surface area contributed by atoms with E-state index in [0.29, 0.717) is 11.4 Å². The molecule has 0 saturated carbocycles. The zero-order chi connectivity index (χ0) is 18.7. The number of aromatic nitrogens is 2. The van der Waals surface area contributed by atoms with Crippen molar-refractivity contribution >= 4 is 28.4 Å². The first-order chi connectivity index (χ1) is 12.5. The van der Waals surface area contributed by atoms with Crippen molar-refractivity contribution in [2.24, 2.45) is 7.05 Å². The fourth-order valence-electron chi connectivity index (χ4n) is 2.56. The number of imidazole rings is 1. The molecule has 2 aromatic carbocycles. The number of nitriles is 1. The molecule has 1 aromatic heterocycles. The Kier molecular flexibility index (Phi) is 4.50. The number of rotatable bonds is 4. The van der Waals surface area contributed by atoms with Crippen molar-refractivity contribution in [3.05, 3.63) is 81.9 Å². The average molecular weight is 346 g/mol. The van der Waals surface area contributed by atoms with Crippen LogP contribution in [0.4, 0.5) is 5.69 Å². The molecule has 0 saturated heterocycles. The number of nitrogens with zero attached hydrogens (tertiary/aromatic N) is 4. The van der Waals surface area contributed by atoms with E-state index in [1.165, 1.54) is 18.2 Å². The topological polar surface area (TPSA) is 105 Å². The smallest absolute Gasteiger partial charge is 0.269 e. The van der Waals surface area contributed by atoms with E-state index in [4.69, 9.17) is 0 Å². The zero-order valence-electron chi connectivity index (χ0n) is 13.8. The molecule has 1 N–H and O–H groups in total. The van der Waals surface area contributed by atoms with Crippen LogP contribution < -0.4 is 0 Å². The van der Waals surface area contributed by atoms with E-state index in [0.717, 1.165) is 11.0 Å². The summed E-state index contributed by atoms with van der Waals surface area (Å²) in [6.07, 6.45) is 2.94. The molecule has 3 aromatic rings. The number of nitro benzene ring substituents is 1. The first-order valence-corrected chi connectivity index (χ1v) is 7.69. The van der Waals surface area contributed by atoms with Crippen molar-refractivity contribution in [2.75, 3.05) is 0 Å². The SMILES string of the molecule is Cn1c(/C(C#N)=C(O)/C=C/c2ccc([N+](=O)[O-])cc2)nc2ccccc21. The molecule has 0 bridgehead atoms. The second kappa shape index (κ2) is 6.91. The summed E-state index contributed by atoms with van der Waals surface area (Å²) >= 11 is 0. The normalized spacial score (nSPS) is 12.2. The number of hydrogen-bond donors (Lipinski definition) is 1. The van der Waals surface area contributed by atoms with Crippen molar-refractivity contribution in [3.63, 3.8) is 0 Å². The third-order valence-electron chi connectivity index (χ3n) is 3.92. The van der Waals surface area contributed by atoms with Gasteiger partial charge in [-0.3, -0.25) is 10.1 Å². The highest BCUT2D eigenvalue weighted by molar-refractivity contribution is 5.84. The van der Waals surface area contributed by atoms with E-state index in [1.807, 2.05) is 30.3 Å². The highest BCUT2D eigenvalue weighted by atomic mass is 16.6. The highest BCUT2D eigenvalue weighted by Crippen LogP contribution is 2.22. The molecule has 7 heteroatoms. The van der Waals surface area contributed by atoms with E-state index in [2.05, 4.69) is 4.98 Å². The van der Waals surface area contributed by atoms with Gasteiger partial charge in [0.15, 0.2) is 5.82 Å². The lowest BCUT2D eigenvalue weighted by Crippen LogP contribution is -1.98. The lowest BCUT2D eigenvalue weighted by molar-refractivity contribution is -0.384. The van der Waals surface area contributed by atoms with Gasteiger partial charge in [0.2, 0.25) is 0 Å². The number of non-ortho nitro benzene ring substituents is 1. The number of aliphatic hydroxyl groups excluding tert-OH is 1. The number of nitro groups is 1. The van der Waals surface area contributed by atoms with Gasteiger partial charge in [0.1, 0.15) is 17.4 Å². The molecule has 3 rings (SSSR count). The van der Waals surface area contributed by atoms with Gasteiger partial charge in [-0.25, -0.2) is 4.98 Å². The first-order valence-electron chi connectivity index (χ1n) is 7.69. The minimum absolute atomic E-state index is 0.0145. The molecule has 0 aliphatic rings. The predicted molar refractivity (Wildman–Crippen MR) is 98.0 cm³/mol. The molecular formula is C19H14N4O3. The summed E-state index contributed by atoms with van der Waals surface area (Å²) in [5.41, 5.74) is 2.26. The van der Waals surface area contributed by atoms with E-state index in [1.54, 1.807) is 29.8 Å². The minimum Gasteiger partial charge on any atom is -0.506 e.